The molecule has 1 saturated heterocycles. The molecule has 0 aromatic heterocycles. The monoisotopic (exact) mass is 189 g/mol. The van der Waals surface area contributed by atoms with Crippen molar-refractivity contribution in [3.8, 4) is 0 Å². The van der Waals surface area contributed by atoms with Gasteiger partial charge >= 0.3 is 6.48 Å². The minimum absolute atomic E-state index is 0. The number of aliphatic hydroxyl groups excluding tert-OH is 1. The predicted molar refractivity (Wildman–Crippen MR) is 8.18 cm³/mol. The van der Waals surface area contributed by atoms with Crippen molar-refractivity contribution in [1.29, 1.82) is 0 Å². The van der Waals surface area contributed by atoms with Crippen LogP contribution in [0, 0.1) is 0 Å². The summed E-state index contributed by atoms with van der Waals surface area (Å²) in [6.07, 6.45) is 0. The third-order valence-electron chi connectivity index (χ3n) is 0.182. The van der Waals surface area contributed by atoms with Crippen LogP contribution in [-0.4, -0.2) is 11.6 Å². The van der Waals surface area contributed by atoms with Gasteiger partial charge in [-0.2, -0.15) is 9.78 Å². The van der Waals surface area contributed by atoms with Crippen molar-refractivity contribution in [2.75, 3.05) is 0 Å². The zero-order chi connectivity index (χ0) is 2.99. The molecule has 5 heteroatoms. The fourth-order valence-corrected chi connectivity index (χ4v) is 0.0248. The van der Waals surface area contributed by atoms with Crippen LogP contribution in [0.2, 0.25) is 0 Å². The number of hydrogen-bond donors (Lipinski definition) is 1. The van der Waals surface area contributed by atoms with Gasteiger partial charge in [0, 0.05) is 36.5 Å². The van der Waals surface area contributed by atoms with Gasteiger partial charge in [-0.15, -0.1) is 0 Å². The largest absolute Gasteiger partial charge is 0.342 e. The second kappa shape index (κ2) is 4.19. The maximum absolute atomic E-state index is 7.72. The number of hydrogen-bond acceptors (Lipinski definition) is 3. The van der Waals surface area contributed by atoms with E-state index in [0.29, 0.717) is 0 Å². The molecule has 0 spiro atoms. The van der Waals surface area contributed by atoms with Gasteiger partial charge in [-0.05, 0) is 0 Å². The molecule has 0 saturated carbocycles. The Hall–Kier alpha value is 1.02. The van der Waals surface area contributed by atoms with Crippen molar-refractivity contribution in [2.24, 2.45) is 0 Å². The van der Waals surface area contributed by atoms with E-state index in [-0.39, 0.29) is 36.5 Å². The summed E-state index contributed by atoms with van der Waals surface area (Å²) in [4.78, 5) is 7.53. The third-order valence-corrected chi connectivity index (χ3v) is 0.182. The molecule has 1 radical (unpaired) electrons. The second-order valence-corrected chi connectivity index (χ2v) is 0.499. The molecule has 0 bridgehead atoms. The first-order chi connectivity index (χ1) is 1.89. The van der Waals surface area contributed by atoms with Gasteiger partial charge in [0.2, 0.25) is 0 Å². The number of aliphatic hydroxyl groups is 1. The molecule has 1 fully saturated rings. The summed E-state index contributed by atoms with van der Waals surface area (Å²) >= 11 is 0. The Morgan fingerprint density at radius 2 is 1.50 bits per heavy atom. The van der Waals surface area contributed by atoms with Gasteiger partial charge in [-0.25, -0.2) is 0 Å². The van der Waals surface area contributed by atoms with Crippen LogP contribution in [0.5, 0.6) is 0 Å². The average Bonchev–Trinajstić information content (AvgIpc) is 1.75. The molecule has 0 amide bonds. The molecule has 6 heavy (non-hydrogen) atoms. The molecule has 0 aromatic carbocycles. The molecule has 1 heterocycles. The Balaban J connectivity index is 0. The summed E-state index contributed by atoms with van der Waals surface area (Å²) in [6, 6.07) is 0. The zero-order valence-corrected chi connectivity index (χ0v) is 6.76. The Kier molecular flexibility index (Phi) is 7.05. The third kappa shape index (κ3) is 5.02. The minimum Gasteiger partial charge on any atom is -0.342 e. The molecular formula is CH2CuO3Zn. The quantitative estimate of drug-likeness (QED) is 0.310. The molecule has 1 aliphatic rings. The Morgan fingerprint density at radius 3 is 1.50 bits per heavy atom. The molecular weight excluding hydrogens is 189 g/mol. The fourth-order valence-electron chi connectivity index (χ4n) is 0.0248. The van der Waals surface area contributed by atoms with E-state index >= 15 is 0 Å². The summed E-state index contributed by atoms with van der Waals surface area (Å²) in [7, 11) is 0. The van der Waals surface area contributed by atoms with Crippen LogP contribution in [0.4, 0.5) is 0 Å². The van der Waals surface area contributed by atoms with Crippen molar-refractivity contribution in [3.05, 3.63) is 0 Å². The van der Waals surface area contributed by atoms with E-state index in [1.165, 1.54) is 0 Å². The zero-order valence-electron chi connectivity index (χ0n) is 2.85. The summed E-state index contributed by atoms with van der Waals surface area (Å²) in [6.45, 7) is -0.917. The van der Waals surface area contributed by atoms with Crippen LogP contribution in [0.15, 0.2) is 0 Å². The molecule has 1 N–H and O–H groups in total. The molecule has 1 aliphatic heterocycles. The molecule has 0 aliphatic carbocycles. The van der Waals surface area contributed by atoms with E-state index in [4.69, 9.17) is 5.11 Å². The topological polar surface area (TPSA) is 45.3 Å². The van der Waals surface area contributed by atoms with Crippen molar-refractivity contribution in [2.45, 2.75) is 6.48 Å². The smallest absolute Gasteiger partial charge is 0.327 e. The standard InChI is InChI=1S/CH2O3.Cu.Zn/c2-1-3-4-1;;/h1-2H;;. The first kappa shape index (κ1) is 10.1. The van der Waals surface area contributed by atoms with Gasteiger partial charge < -0.3 is 5.11 Å². The van der Waals surface area contributed by atoms with E-state index in [2.05, 4.69) is 9.78 Å². The summed E-state index contributed by atoms with van der Waals surface area (Å²) < 4.78 is 0. The van der Waals surface area contributed by atoms with Crippen molar-refractivity contribution >= 4 is 0 Å². The SMILES string of the molecule is OC1OO1.[Cu].[Zn]. The molecule has 37 valence electrons. The molecule has 3 nitrogen and oxygen atoms in total. The Morgan fingerprint density at radius 1 is 1.33 bits per heavy atom. The summed E-state index contributed by atoms with van der Waals surface area (Å²) in [5.41, 5.74) is 0. The van der Waals surface area contributed by atoms with Gasteiger partial charge in [-0.1, -0.05) is 0 Å². The van der Waals surface area contributed by atoms with E-state index in [9.17, 15) is 0 Å². The van der Waals surface area contributed by atoms with Crippen molar-refractivity contribution in [1.82, 2.24) is 0 Å². The van der Waals surface area contributed by atoms with Crippen LogP contribution in [0.3, 0.4) is 0 Å². The van der Waals surface area contributed by atoms with Crippen LogP contribution < -0.4 is 0 Å². The van der Waals surface area contributed by atoms with E-state index in [1.54, 1.807) is 0 Å². The maximum atomic E-state index is 7.72. The van der Waals surface area contributed by atoms with Crippen LogP contribution in [0.1, 0.15) is 0 Å². The van der Waals surface area contributed by atoms with Gasteiger partial charge in [0.25, 0.3) is 0 Å². The molecule has 0 atom stereocenters. The first-order valence-corrected chi connectivity index (χ1v) is 0.896. The van der Waals surface area contributed by atoms with Gasteiger partial charge in [-0.3, -0.25) is 0 Å². The van der Waals surface area contributed by atoms with Gasteiger partial charge in [0.15, 0.2) is 0 Å². The van der Waals surface area contributed by atoms with Crippen LogP contribution in [0.25, 0.3) is 0 Å². The first-order valence-electron chi connectivity index (χ1n) is 0.896. The minimum atomic E-state index is -0.917. The van der Waals surface area contributed by atoms with Gasteiger partial charge in [0.1, 0.15) is 0 Å². The summed E-state index contributed by atoms with van der Waals surface area (Å²) in [5.74, 6) is 0. The maximum Gasteiger partial charge on any atom is 0.327 e. The predicted octanol–water partition coefficient (Wildman–Crippen LogP) is -0.781. The van der Waals surface area contributed by atoms with Crippen LogP contribution in [-0.2, 0) is 46.3 Å². The van der Waals surface area contributed by atoms with E-state index in [0.717, 1.165) is 0 Å². The van der Waals surface area contributed by atoms with Crippen molar-refractivity contribution < 1.29 is 51.4 Å². The molecule has 0 aromatic rings. The number of rotatable bonds is 0. The fraction of sp³-hybridized carbons (Fsp3) is 1.00. The van der Waals surface area contributed by atoms with Gasteiger partial charge in [0.05, 0.1) is 0 Å². The van der Waals surface area contributed by atoms with Crippen molar-refractivity contribution in [3.63, 3.8) is 0 Å². The van der Waals surface area contributed by atoms with E-state index < -0.39 is 6.48 Å². The van der Waals surface area contributed by atoms with E-state index in [1.807, 2.05) is 0 Å². The Labute approximate surface area is 58.2 Å². The average molecular weight is 191 g/mol. The summed E-state index contributed by atoms with van der Waals surface area (Å²) in [5, 5.41) is 7.72. The normalized spacial score (nSPS) is 17.5. The van der Waals surface area contributed by atoms with Crippen LogP contribution >= 0.6 is 0 Å². The Bertz CT molecular complexity index is 30.0. The molecule has 0 unspecified atom stereocenters. The molecule has 1 rings (SSSR count). The second-order valence-electron chi connectivity index (χ2n) is 0.499.